The Balaban J connectivity index is 2.28. The maximum atomic E-state index is 12.2. The van der Waals surface area contributed by atoms with Crippen molar-refractivity contribution < 1.29 is 9.47 Å². The fourth-order valence-electron chi connectivity index (χ4n) is 2.42. The summed E-state index contributed by atoms with van der Waals surface area (Å²) in [6.45, 7) is 4.56. The molecule has 0 aliphatic heterocycles. The van der Waals surface area contributed by atoms with E-state index in [0.29, 0.717) is 18.1 Å². The van der Waals surface area contributed by atoms with Crippen LogP contribution in [0.4, 0.5) is 0 Å². The van der Waals surface area contributed by atoms with Crippen LogP contribution in [0.15, 0.2) is 47.4 Å². The third-order valence-corrected chi connectivity index (χ3v) is 3.87. The van der Waals surface area contributed by atoms with E-state index in [4.69, 9.17) is 9.47 Å². The van der Waals surface area contributed by atoms with Crippen LogP contribution in [-0.2, 0) is 11.3 Å². The minimum absolute atomic E-state index is 0.130. The molecule has 0 radical (unpaired) electrons. The fourth-order valence-corrected chi connectivity index (χ4v) is 2.42. The van der Waals surface area contributed by atoms with Gasteiger partial charge in [-0.05, 0) is 11.5 Å². The molecule has 0 amide bonds. The third-order valence-electron chi connectivity index (χ3n) is 3.87. The maximum absolute atomic E-state index is 12.2. The standard InChI is InChI=1S/C18H23NO3/c1-4-13(2)17(21-3)16-18(15(20)10-11-19-16)22-12-14-8-6-5-7-9-14/h5-11,13,17H,4,12H2,1-3H3,(H,19,20). The molecule has 0 fully saturated rings. The molecular weight excluding hydrogens is 278 g/mol. The predicted molar refractivity (Wildman–Crippen MR) is 87.0 cm³/mol. The van der Waals surface area contributed by atoms with Crippen molar-refractivity contribution in [2.45, 2.75) is 33.0 Å². The van der Waals surface area contributed by atoms with Crippen LogP contribution in [0.3, 0.4) is 0 Å². The molecule has 1 aromatic heterocycles. The third kappa shape index (κ3) is 3.77. The van der Waals surface area contributed by atoms with Gasteiger partial charge in [0.1, 0.15) is 12.7 Å². The molecule has 1 aromatic carbocycles. The molecule has 0 spiro atoms. The smallest absolute Gasteiger partial charge is 0.223 e. The van der Waals surface area contributed by atoms with Gasteiger partial charge in [-0.1, -0.05) is 50.6 Å². The van der Waals surface area contributed by atoms with Crippen LogP contribution < -0.4 is 10.2 Å². The Labute approximate surface area is 131 Å². The number of aromatic amines is 1. The molecule has 0 aliphatic carbocycles. The summed E-state index contributed by atoms with van der Waals surface area (Å²) in [4.78, 5) is 15.3. The highest BCUT2D eigenvalue weighted by atomic mass is 16.5. The van der Waals surface area contributed by atoms with E-state index in [-0.39, 0.29) is 17.5 Å². The fraction of sp³-hybridized carbons (Fsp3) is 0.389. The average Bonchev–Trinajstić information content (AvgIpc) is 2.55. The number of hydrogen-bond acceptors (Lipinski definition) is 3. The van der Waals surface area contributed by atoms with E-state index in [1.165, 1.54) is 6.07 Å². The van der Waals surface area contributed by atoms with Gasteiger partial charge in [-0.25, -0.2) is 0 Å². The van der Waals surface area contributed by atoms with Gasteiger partial charge in [-0.2, -0.15) is 0 Å². The van der Waals surface area contributed by atoms with E-state index in [9.17, 15) is 4.79 Å². The second-order valence-electron chi connectivity index (χ2n) is 5.40. The topological polar surface area (TPSA) is 51.3 Å². The van der Waals surface area contributed by atoms with Crippen molar-refractivity contribution in [3.8, 4) is 5.75 Å². The van der Waals surface area contributed by atoms with E-state index in [2.05, 4.69) is 18.8 Å². The van der Waals surface area contributed by atoms with Gasteiger partial charge in [0.15, 0.2) is 5.75 Å². The van der Waals surface area contributed by atoms with E-state index >= 15 is 0 Å². The van der Waals surface area contributed by atoms with Gasteiger partial charge in [0.05, 0.1) is 5.69 Å². The van der Waals surface area contributed by atoms with E-state index in [0.717, 1.165) is 12.0 Å². The summed E-state index contributed by atoms with van der Waals surface area (Å²) in [5.41, 5.74) is 1.60. The first-order valence-corrected chi connectivity index (χ1v) is 7.58. The number of methoxy groups -OCH3 is 1. The Kier molecular flexibility index (Phi) is 5.78. The molecule has 2 aromatic rings. The van der Waals surface area contributed by atoms with Gasteiger partial charge in [0.2, 0.25) is 5.43 Å². The second kappa shape index (κ2) is 7.80. The van der Waals surface area contributed by atoms with Crippen molar-refractivity contribution in [2.24, 2.45) is 5.92 Å². The molecule has 4 nitrogen and oxygen atoms in total. The maximum Gasteiger partial charge on any atom is 0.223 e. The molecule has 1 heterocycles. The Bertz CT molecular complexity index is 636. The van der Waals surface area contributed by atoms with Gasteiger partial charge in [-0.15, -0.1) is 0 Å². The summed E-state index contributed by atoms with van der Waals surface area (Å²) in [5, 5.41) is 0. The van der Waals surface area contributed by atoms with E-state index in [1.807, 2.05) is 30.3 Å². The first kappa shape index (κ1) is 16.3. The Morgan fingerprint density at radius 1 is 1.18 bits per heavy atom. The van der Waals surface area contributed by atoms with Crippen molar-refractivity contribution >= 4 is 0 Å². The monoisotopic (exact) mass is 301 g/mol. The van der Waals surface area contributed by atoms with Crippen molar-refractivity contribution in [1.82, 2.24) is 4.98 Å². The number of pyridine rings is 1. The molecule has 118 valence electrons. The first-order valence-electron chi connectivity index (χ1n) is 7.58. The van der Waals surface area contributed by atoms with Crippen molar-refractivity contribution in [3.05, 3.63) is 64.1 Å². The van der Waals surface area contributed by atoms with Crippen LogP contribution in [0.5, 0.6) is 5.75 Å². The number of rotatable bonds is 7. The molecule has 2 atom stereocenters. The molecular formula is C18H23NO3. The first-order chi connectivity index (χ1) is 10.7. The van der Waals surface area contributed by atoms with Crippen LogP contribution in [0.25, 0.3) is 0 Å². The lowest BCUT2D eigenvalue weighted by molar-refractivity contribution is 0.0500. The van der Waals surface area contributed by atoms with Crippen LogP contribution in [0.1, 0.15) is 37.6 Å². The normalized spacial score (nSPS) is 13.6. The molecule has 0 saturated carbocycles. The summed E-state index contributed by atoms with van der Waals surface area (Å²) in [6, 6.07) is 11.3. The van der Waals surface area contributed by atoms with E-state index in [1.54, 1.807) is 13.3 Å². The zero-order valence-corrected chi connectivity index (χ0v) is 13.3. The van der Waals surface area contributed by atoms with Crippen LogP contribution >= 0.6 is 0 Å². The highest BCUT2D eigenvalue weighted by Gasteiger charge is 2.23. The summed E-state index contributed by atoms with van der Waals surface area (Å²) in [5.74, 6) is 0.626. The highest BCUT2D eigenvalue weighted by Crippen LogP contribution is 2.30. The molecule has 0 saturated heterocycles. The molecule has 4 heteroatoms. The number of aromatic nitrogens is 1. The number of nitrogens with one attached hydrogen (secondary N) is 1. The minimum Gasteiger partial charge on any atom is -0.483 e. The minimum atomic E-state index is -0.190. The van der Waals surface area contributed by atoms with Crippen molar-refractivity contribution in [1.29, 1.82) is 0 Å². The van der Waals surface area contributed by atoms with Gasteiger partial charge < -0.3 is 14.5 Å². The summed E-state index contributed by atoms with van der Waals surface area (Å²) in [6.07, 6.45) is 2.40. The SMILES string of the molecule is CCC(C)C(OC)c1[nH]ccc(=O)c1OCc1ccccc1. The van der Waals surface area contributed by atoms with Crippen molar-refractivity contribution in [3.63, 3.8) is 0 Å². The summed E-state index contributed by atoms with van der Waals surface area (Å²) in [7, 11) is 1.66. The number of ether oxygens (including phenoxy) is 2. The number of benzene rings is 1. The second-order valence-corrected chi connectivity index (χ2v) is 5.40. The lowest BCUT2D eigenvalue weighted by Crippen LogP contribution is -2.19. The number of H-pyrrole nitrogens is 1. The summed E-state index contributed by atoms with van der Waals surface area (Å²) < 4.78 is 11.4. The van der Waals surface area contributed by atoms with Crippen LogP contribution in [0.2, 0.25) is 0 Å². The Hall–Kier alpha value is -2.07. The molecule has 1 N–H and O–H groups in total. The molecule has 0 bridgehead atoms. The molecule has 0 aliphatic rings. The molecule has 2 unspecified atom stereocenters. The summed E-state index contributed by atoms with van der Waals surface area (Å²) >= 11 is 0. The largest absolute Gasteiger partial charge is 0.483 e. The number of hydrogen-bond donors (Lipinski definition) is 1. The molecule has 22 heavy (non-hydrogen) atoms. The lowest BCUT2D eigenvalue weighted by Gasteiger charge is -2.23. The van der Waals surface area contributed by atoms with Gasteiger partial charge in [0.25, 0.3) is 0 Å². The average molecular weight is 301 g/mol. The van der Waals surface area contributed by atoms with Crippen LogP contribution in [-0.4, -0.2) is 12.1 Å². The lowest BCUT2D eigenvalue weighted by atomic mass is 9.98. The van der Waals surface area contributed by atoms with E-state index < -0.39 is 0 Å². The van der Waals surface area contributed by atoms with Crippen LogP contribution in [0, 0.1) is 5.92 Å². The van der Waals surface area contributed by atoms with Gasteiger partial charge in [-0.3, -0.25) is 4.79 Å². The Morgan fingerprint density at radius 3 is 2.55 bits per heavy atom. The van der Waals surface area contributed by atoms with Crippen molar-refractivity contribution in [2.75, 3.05) is 7.11 Å². The predicted octanol–water partition coefficient (Wildman–Crippen LogP) is 3.69. The molecule has 2 rings (SSSR count). The highest BCUT2D eigenvalue weighted by molar-refractivity contribution is 5.30. The zero-order valence-electron chi connectivity index (χ0n) is 13.3. The quantitative estimate of drug-likeness (QED) is 0.848. The Morgan fingerprint density at radius 2 is 1.91 bits per heavy atom. The van der Waals surface area contributed by atoms with Gasteiger partial charge in [0, 0.05) is 19.4 Å². The van der Waals surface area contributed by atoms with Gasteiger partial charge >= 0.3 is 0 Å². The zero-order chi connectivity index (χ0) is 15.9.